The van der Waals surface area contributed by atoms with Crippen molar-refractivity contribution in [1.82, 2.24) is 9.97 Å². The lowest BCUT2D eigenvalue weighted by molar-refractivity contribution is 0.262. The highest BCUT2D eigenvalue weighted by atomic mass is 35.5. The van der Waals surface area contributed by atoms with E-state index in [9.17, 15) is 4.79 Å². The van der Waals surface area contributed by atoms with Gasteiger partial charge in [0.1, 0.15) is 5.82 Å². The lowest BCUT2D eigenvalue weighted by Crippen LogP contribution is -2.19. The molecule has 0 atom stereocenters. The van der Waals surface area contributed by atoms with Gasteiger partial charge in [-0.3, -0.25) is 0 Å². The van der Waals surface area contributed by atoms with E-state index in [-0.39, 0.29) is 6.03 Å². The molecule has 0 aliphatic rings. The van der Waals surface area contributed by atoms with E-state index in [1.807, 2.05) is 44.1 Å². The Hall–Kier alpha value is -3.32. The van der Waals surface area contributed by atoms with Crippen molar-refractivity contribution in [2.24, 2.45) is 0 Å². The first kappa shape index (κ1) is 19.4. The normalized spacial score (nSPS) is 10.3. The number of halogens is 1. The topological polar surface area (TPSA) is 82.2 Å². The lowest BCUT2D eigenvalue weighted by Gasteiger charge is -2.14. The van der Waals surface area contributed by atoms with Crippen LogP contribution in [0.25, 0.3) is 0 Å². The molecule has 7 nitrogen and oxygen atoms in total. The number of rotatable bonds is 5. The third-order valence-electron chi connectivity index (χ3n) is 3.78. The van der Waals surface area contributed by atoms with Gasteiger partial charge in [-0.15, -0.1) is 0 Å². The van der Waals surface area contributed by atoms with Gasteiger partial charge in [0.2, 0.25) is 5.95 Å². The minimum absolute atomic E-state index is 0.347. The van der Waals surface area contributed by atoms with Crippen LogP contribution in [0.2, 0.25) is 5.02 Å². The number of aryl methyl sites for hydroxylation is 1. The average molecular weight is 397 g/mol. The molecule has 1 heterocycles. The number of benzene rings is 2. The Morgan fingerprint density at radius 2 is 1.61 bits per heavy atom. The quantitative estimate of drug-likeness (QED) is 0.571. The second-order valence-corrected chi connectivity index (χ2v) is 6.81. The minimum Gasteiger partial charge on any atom is -0.363 e. The van der Waals surface area contributed by atoms with Crippen LogP contribution in [0.5, 0.6) is 0 Å². The molecule has 0 aliphatic carbocycles. The van der Waals surface area contributed by atoms with Crippen LogP contribution in [0.1, 0.15) is 5.69 Å². The van der Waals surface area contributed by atoms with Crippen molar-refractivity contribution in [3.05, 3.63) is 65.3 Å². The van der Waals surface area contributed by atoms with Crippen molar-refractivity contribution >= 4 is 46.5 Å². The maximum Gasteiger partial charge on any atom is 0.323 e. The van der Waals surface area contributed by atoms with Crippen LogP contribution < -0.4 is 20.9 Å². The van der Waals surface area contributed by atoms with E-state index < -0.39 is 0 Å². The first-order chi connectivity index (χ1) is 13.4. The molecule has 3 N–H and O–H groups in total. The fourth-order valence-electron chi connectivity index (χ4n) is 2.46. The molecule has 2 aromatic carbocycles. The van der Waals surface area contributed by atoms with Crippen LogP contribution in [0, 0.1) is 6.92 Å². The molecule has 8 heteroatoms. The number of carbonyl (C=O) groups excluding carboxylic acids is 1. The van der Waals surface area contributed by atoms with E-state index in [1.165, 1.54) is 0 Å². The molecule has 144 valence electrons. The predicted molar refractivity (Wildman–Crippen MR) is 115 cm³/mol. The van der Waals surface area contributed by atoms with Gasteiger partial charge >= 0.3 is 6.03 Å². The van der Waals surface area contributed by atoms with Crippen LogP contribution in [0.15, 0.2) is 54.6 Å². The largest absolute Gasteiger partial charge is 0.363 e. The Bertz CT molecular complexity index is 975. The fourth-order valence-corrected chi connectivity index (χ4v) is 2.65. The molecule has 0 spiro atoms. The number of amides is 2. The molecular formula is C20H21ClN6O. The zero-order chi connectivity index (χ0) is 20.1. The monoisotopic (exact) mass is 396 g/mol. The number of nitrogens with zero attached hydrogens (tertiary/aromatic N) is 3. The van der Waals surface area contributed by atoms with Gasteiger partial charge in [0, 0.05) is 47.9 Å². The summed E-state index contributed by atoms with van der Waals surface area (Å²) in [6.45, 7) is 1.92. The summed E-state index contributed by atoms with van der Waals surface area (Å²) in [7, 11) is 3.86. The van der Waals surface area contributed by atoms with Gasteiger partial charge in [-0.1, -0.05) is 17.7 Å². The van der Waals surface area contributed by atoms with Crippen molar-refractivity contribution in [3.8, 4) is 0 Å². The van der Waals surface area contributed by atoms with Gasteiger partial charge in [-0.05, 0) is 49.4 Å². The summed E-state index contributed by atoms with van der Waals surface area (Å²) in [6.07, 6.45) is 0. The van der Waals surface area contributed by atoms with E-state index in [0.717, 1.165) is 17.2 Å². The van der Waals surface area contributed by atoms with Gasteiger partial charge in [0.05, 0.1) is 0 Å². The van der Waals surface area contributed by atoms with Crippen molar-refractivity contribution in [1.29, 1.82) is 0 Å². The van der Waals surface area contributed by atoms with E-state index >= 15 is 0 Å². The number of anilines is 5. The Labute approximate surface area is 168 Å². The molecule has 0 unspecified atom stereocenters. The van der Waals surface area contributed by atoms with Crippen LogP contribution >= 0.6 is 11.6 Å². The highest BCUT2D eigenvalue weighted by Crippen LogP contribution is 2.20. The van der Waals surface area contributed by atoms with Crippen molar-refractivity contribution < 1.29 is 4.79 Å². The zero-order valence-corrected chi connectivity index (χ0v) is 16.6. The highest BCUT2D eigenvalue weighted by molar-refractivity contribution is 6.30. The van der Waals surface area contributed by atoms with E-state index in [0.29, 0.717) is 22.3 Å². The summed E-state index contributed by atoms with van der Waals surface area (Å²) in [5, 5.41) is 9.24. The summed E-state index contributed by atoms with van der Waals surface area (Å²) in [6, 6.07) is 15.8. The molecule has 0 saturated heterocycles. The Morgan fingerprint density at radius 3 is 2.29 bits per heavy atom. The van der Waals surface area contributed by atoms with Crippen LogP contribution in [0.4, 0.5) is 33.6 Å². The molecule has 1 aromatic heterocycles. The molecule has 3 aromatic rings. The highest BCUT2D eigenvalue weighted by Gasteiger charge is 2.06. The molecule has 3 rings (SSSR count). The number of aromatic nitrogens is 2. The third kappa shape index (κ3) is 5.34. The van der Waals surface area contributed by atoms with Crippen LogP contribution in [0.3, 0.4) is 0 Å². The van der Waals surface area contributed by atoms with Crippen molar-refractivity contribution in [2.45, 2.75) is 6.92 Å². The number of hydrogen-bond donors (Lipinski definition) is 3. The van der Waals surface area contributed by atoms with Crippen LogP contribution in [-0.2, 0) is 0 Å². The van der Waals surface area contributed by atoms with E-state index in [4.69, 9.17) is 11.6 Å². The Kier molecular flexibility index (Phi) is 5.96. The summed E-state index contributed by atoms with van der Waals surface area (Å²) >= 11 is 5.92. The van der Waals surface area contributed by atoms with Crippen molar-refractivity contribution in [2.75, 3.05) is 34.9 Å². The van der Waals surface area contributed by atoms with Gasteiger partial charge < -0.3 is 20.9 Å². The fraction of sp³-hybridized carbons (Fsp3) is 0.150. The Morgan fingerprint density at radius 1 is 0.929 bits per heavy atom. The molecule has 0 radical (unpaired) electrons. The lowest BCUT2D eigenvalue weighted by atomic mass is 10.3. The number of carbonyl (C=O) groups is 1. The van der Waals surface area contributed by atoms with Gasteiger partial charge in [0.15, 0.2) is 0 Å². The summed E-state index contributed by atoms with van der Waals surface area (Å²) in [4.78, 5) is 22.9. The SMILES string of the molecule is Cc1cc(N(C)C)nc(Nc2ccc(NC(=O)Nc3cccc(Cl)c3)cc2)n1. The Balaban J connectivity index is 1.63. The molecule has 2 amide bonds. The van der Waals surface area contributed by atoms with E-state index in [2.05, 4.69) is 25.9 Å². The van der Waals surface area contributed by atoms with Gasteiger partial charge in [-0.25, -0.2) is 9.78 Å². The number of nitrogens with one attached hydrogen (secondary N) is 3. The molecule has 0 saturated carbocycles. The number of hydrogen-bond acceptors (Lipinski definition) is 5. The standard InChI is InChI=1S/C20H21ClN6O/c1-13-11-18(27(2)3)26-19(22-13)23-15-7-9-16(10-8-15)24-20(28)25-17-6-4-5-14(21)12-17/h4-12H,1-3H3,(H,22,23,26)(H2,24,25,28). The van der Waals surface area contributed by atoms with Crippen LogP contribution in [-0.4, -0.2) is 30.1 Å². The average Bonchev–Trinajstić information content (AvgIpc) is 2.63. The molecular weight excluding hydrogens is 376 g/mol. The molecule has 28 heavy (non-hydrogen) atoms. The third-order valence-corrected chi connectivity index (χ3v) is 4.02. The van der Waals surface area contributed by atoms with Gasteiger partial charge in [-0.2, -0.15) is 4.98 Å². The van der Waals surface area contributed by atoms with Gasteiger partial charge in [0.25, 0.3) is 0 Å². The number of urea groups is 1. The first-order valence-electron chi connectivity index (χ1n) is 8.63. The second kappa shape index (κ2) is 8.58. The summed E-state index contributed by atoms with van der Waals surface area (Å²) in [5.74, 6) is 1.34. The first-order valence-corrected chi connectivity index (χ1v) is 9.00. The maximum absolute atomic E-state index is 12.1. The summed E-state index contributed by atoms with van der Waals surface area (Å²) in [5.41, 5.74) is 2.97. The molecule has 0 fully saturated rings. The molecule has 0 bridgehead atoms. The predicted octanol–water partition coefficient (Wildman–Crippen LogP) is 4.89. The smallest absolute Gasteiger partial charge is 0.323 e. The second-order valence-electron chi connectivity index (χ2n) is 6.38. The van der Waals surface area contributed by atoms with E-state index in [1.54, 1.807) is 36.4 Å². The van der Waals surface area contributed by atoms with Crippen molar-refractivity contribution in [3.63, 3.8) is 0 Å². The maximum atomic E-state index is 12.1. The minimum atomic E-state index is -0.347. The zero-order valence-electron chi connectivity index (χ0n) is 15.8. The molecule has 0 aliphatic heterocycles. The summed E-state index contributed by atoms with van der Waals surface area (Å²) < 4.78 is 0.